The average molecular weight is 390 g/mol. The smallest absolute Gasteiger partial charge is 0.321 e. The van der Waals surface area contributed by atoms with E-state index in [0.29, 0.717) is 13.0 Å². The van der Waals surface area contributed by atoms with Crippen LogP contribution in [0.1, 0.15) is 17.2 Å². The predicted octanol–water partition coefficient (Wildman–Crippen LogP) is 0.663. The van der Waals surface area contributed by atoms with Crippen LogP contribution in [0.3, 0.4) is 0 Å². The molecule has 0 spiro atoms. The highest BCUT2D eigenvalue weighted by Gasteiger charge is 2.21. The van der Waals surface area contributed by atoms with Gasteiger partial charge in [-0.1, -0.05) is 42.5 Å². The van der Waals surface area contributed by atoms with Crippen molar-refractivity contribution in [3.05, 3.63) is 65.7 Å². The van der Waals surface area contributed by atoms with Crippen LogP contribution >= 0.6 is 0 Å². The van der Waals surface area contributed by atoms with E-state index in [0.717, 1.165) is 11.1 Å². The largest absolute Gasteiger partial charge is 0.341 e. The van der Waals surface area contributed by atoms with Crippen molar-refractivity contribution in [2.45, 2.75) is 17.4 Å². The number of carbonyl (C=O) groups is 2. The van der Waals surface area contributed by atoms with Crippen molar-refractivity contribution in [2.75, 3.05) is 13.6 Å². The Hall–Kier alpha value is -2.75. The molecule has 0 bridgehead atoms. The van der Waals surface area contributed by atoms with E-state index < -0.39 is 28.0 Å². The summed E-state index contributed by atoms with van der Waals surface area (Å²) < 4.78 is 22.6. The zero-order chi connectivity index (χ0) is 19.9. The molecule has 1 atom stereocenters. The second-order valence-corrected chi connectivity index (χ2v) is 7.37. The Morgan fingerprint density at radius 3 is 2.22 bits per heavy atom. The van der Waals surface area contributed by atoms with E-state index in [4.69, 9.17) is 5.14 Å². The highest BCUT2D eigenvalue weighted by molar-refractivity contribution is 7.89. The van der Waals surface area contributed by atoms with Gasteiger partial charge in [-0.2, -0.15) is 0 Å². The quantitative estimate of drug-likeness (QED) is 0.552. The number of benzene rings is 2. The Bertz CT molecular complexity index is 883. The maximum absolute atomic E-state index is 12.4. The summed E-state index contributed by atoms with van der Waals surface area (Å²) in [7, 11) is -2.29. The number of imide groups is 1. The van der Waals surface area contributed by atoms with Crippen molar-refractivity contribution >= 4 is 22.0 Å². The number of nitrogens with one attached hydrogen (secondary N) is 3. The van der Waals surface area contributed by atoms with Gasteiger partial charge in [-0.3, -0.25) is 10.1 Å². The topological polar surface area (TPSA) is 130 Å². The highest BCUT2D eigenvalue weighted by atomic mass is 32.2. The van der Waals surface area contributed by atoms with E-state index >= 15 is 0 Å². The third-order valence-electron chi connectivity index (χ3n) is 3.87. The molecule has 0 heterocycles. The molecule has 27 heavy (non-hydrogen) atoms. The lowest BCUT2D eigenvalue weighted by atomic mass is 10.1. The van der Waals surface area contributed by atoms with Crippen molar-refractivity contribution in [3.8, 4) is 0 Å². The number of amides is 3. The fourth-order valence-corrected chi connectivity index (χ4v) is 2.98. The summed E-state index contributed by atoms with van der Waals surface area (Å²) in [5, 5.41) is 12.8. The molecular weight excluding hydrogens is 368 g/mol. The molecule has 0 aromatic heterocycles. The molecular formula is C18H22N4O4S. The van der Waals surface area contributed by atoms with Gasteiger partial charge in [0.15, 0.2) is 0 Å². The molecule has 2 rings (SSSR count). The first-order valence-corrected chi connectivity index (χ1v) is 9.78. The van der Waals surface area contributed by atoms with Crippen LogP contribution in [0.5, 0.6) is 0 Å². The monoisotopic (exact) mass is 390 g/mol. The number of hydrogen-bond donors (Lipinski definition) is 4. The third kappa shape index (κ3) is 6.17. The summed E-state index contributed by atoms with van der Waals surface area (Å²) >= 11 is 0. The minimum atomic E-state index is -3.72. The van der Waals surface area contributed by atoms with Crippen LogP contribution in [-0.4, -0.2) is 33.9 Å². The first-order valence-electron chi connectivity index (χ1n) is 8.24. The van der Waals surface area contributed by atoms with Crippen LogP contribution in [0.4, 0.5) is 4.79 Å². The van der Waals surface area contributed by atoms with E-state index in [1.807, 2.05) is 18.2 Å². The molecule has 9 heteroatoms. The van der Waals surface area contributed by atoms with E-state index in [-0.39, 0.29) is 4.90 Å². The molecule has 2 aromatic rings. The van der Waals surface area contributed by atoms with Crippen LogP contribution in [0.25, 0.3) is 0 Å². The van der Waals surface area contributed by atoms with Crippen LogP contribution in [0.2, 0.25) is 0 Å². The van der Waals surface area contributed by atoms with Crippen LogP contribution in [0, 0.1) is 0 Å². The van der Waals surface area contributed by atoms with Crippen LogP contribution in [0.15, 0.2) is 59.5 Å². The van der Waals surface area contributed by atoms with E-state index in [2.05, 4.69) is 16.0 Å². The molecule has 2 aromatic carbocycles. The molecule has 0 aliphatic carbocycles. The number of urea groups is 1. The Kier molecular flexibility index (Phi) is 7.05. The van der Waals surface area contributed by atoms with Gasteiger partial charge in [-0.25, -0.2) is 18.4 Å². The standard InChI is InChI=1S/C18H22N4O4S/c1-20-18(24)22-17(23)16(14-5-3-2-4-6-14)21-12-11-13-7-9-15(10-8-13)27(19,25)26/h2-10,16,21H,11-12H2,1H3,(H2,19,25,26)(H2,20,22,23,24)/t16-/m0/s1. The lowest BCUT2D eigenvalue weighted by molar-refractivity contribution is -0.122. The summed E-state index contributed by atoms with van der Waals surface area (Å²) in [6.45, 7) is 0.440. The molecule has 5 N–H and O–H groups in total. The minimum absolute atomic E-state index is 0.0475. The van der Waals surface area contributed by atoms with Gasteiger partial charge in [-0.05, 0) is 29.7 Å². The van der Waals surface area contributed by atoms with Crippen molar-refractivity contribution in [2.24, 2.45) is 5.14 Å². The van der Waals surface area contributed by atoms with Gasteiger partial charge in [0.25, 0.3) is 0 Å². The van der Waals surface area contributed by atoms with Gasteiger partial charge >= 0.3 is 6.03 Å². The normalized spacial score (nSPS) is 12.2. The molecule has 3 amide bonds. The second kappa shape index (κ2) is 9.26. The number of hydrogen-bond acceptors (Lipinski definition) is 5. The number of carbonyl (C=O) groups excluding carboxylic acids is 2. The van der Waals surface area contributed by atoms with Gasteiger partial charge in [0.1, 0.15) is 6.04 Å². The Balaban J connectivity index is 2.03. The molecule has 0 fully saturated rings. The van der Waals surface area contributed by atoms with Crippen molar-refractivity contribution in [3.63, 3.8) is 0 Å². The SMILES string of the molecule is CNC(=O)NC(=O)[C@@H](NCCc1ccc(S(N)(=O)=O)cc1)c1ccccc1. The van der Waals surface area contributed by atoms with Crippen molar-refractivity contribution < 1.29 is 18.0 Å². The summed E-state index contributed by atoms with van der Waals surface area (Å²) in [5.41, 5.74) is 1.61. The maximum atomic E-state index is 12.4. The van der Waals surface area contributed by atoms with E-state index in [9.17, 15) is 18.0 Å². The second-order valence-electron chi connectivity index (χ2n) is 5.81. The molecule has 0 unspecified atom stereocenters. The summed E-state index contributed by atoms with van der Waals surface area (Å²) in [5.74, 6) is -0.467. The Morgan fingerprint density at radius 2 is 1.67 bits per heavy atom. The Labute approximate surface area is 158 Å². The highest BCUT2D eigenvalue weighted by Crippen LogP contribution is 2.14. The van der Waals surface area contributed by atoms with E-state index in [1.54, 1.807) is 24.3 Å². The molecule has 144 valence electrons. The number of primary sulfonamides is 1. The zero-order valence-electron chi connectivity index (χ0n) is 14.8. The first kappa shape index (κ1) is 20.6. The maximum Gasteiger partial charge on any atom is 0.321 e. The van der Waals surface area contributed by atoms with Gasteiger partial charge in [-0.15, -0.1) is 0 Å². The van der Waals surface area contributed by atoms with Crippen LogP contribution < -0.4 is 21.1 Å². The average Bonchev–Trinajstić information content (AvgIpc) is 2.65. The fraction of sp³-hybridized carbons (Fsp3) is 0.222. The number of rotatable bonds is 7. The summed E-state index contributed by atoms with van der Waals surface area (Å²) in [6.07, 6.45) is 0.557. The van der Waals surface area contributed by atoms with Crippen molar-refractivity contribution in [1.82, 2.24) is 16.0 Å². The summed E-state index contributed by atoms with van der Waals surface area (Å²) in [6, 6.07) is 14.0. The first-order chi connectivity index (χ1) is 12.8. The molecule has 0 saturated carbocycles. The lowest BCUT2D eigenvalue weighted by Gasteiger charge is -2.18. The van der Waals surface area contributed by atoms with Gasteiger partial charge in [0.2, 0.25) is 15.9 Å². The molecule has 0 aliphatic heterocycles. The molecule has 0 aliphatic rings. The van der Waals surface area contributed by atoms with Gasteiger partial charge in [0, 0.05) is 13.6 Å². The molecule has 0 saturated heterocycles. The molecule has 0 radical (unpaired) electrons. The summed E-state index contributed by atoms with van der Waals surface area (Å²) in [4.78, 5) is 23.9. The zero-order valence-corrected chi connectivity index (χ0v) is 15.6. The van der Waals surface area contributed by atoms with Gasteiger partial charge < -0.3 is 10.6 Å². The minimum Gasteiger partial charge on any atom is -0.341 e. The van der Waals surface area contributed by atoms with Crippen molar-refractivity contribution in [1.29, 1.82) is 0 Å². The Morgan fingerprint density at radius 1 is 1.04 bits per heavy atom. The predicted molar refractivity (Wildman–Crippen MR) is 101 cm³/mol. The lowest BCUT2D eigenvalue weighted by Crippen LogP contribution is -2.44. The van der Waals surface area contributed by atoms with E-state index in [1.165, 1.54) is 19.2 Å². The molecule has 8 nitrogen and oxygen atoms in total. The number of sulfonamides is 1. The van der Waals surface area contributed by atoms with Gasteiger partial charge in [0.05, 0.1) is 4.90 Å². The fourth-order valence-electron chi connectivity index (χ4n) is 2.46. The number of nitrogens with two attached hydrogens (primary N) is 1. The van der Waals surface area contributed by atoms with Crippen LogP contribution in [-0.2, 0) is 21.2 Å². The third-order valence-corrected chi connectivity index (χ3v) is 4.80.